The van der Waals surface area contributed by atoms with E-state index in [0.717, 1.165) is 12.0 Å². The van der Waals surface area contributed by atoms with Crippen molar-refractivity contribution in [2.24, 2.45) is 11.7 Å². The van der Waals surface area contributed by atoms with Gasteiger partial charge in [-0.2, -0.15) is 0 Å². The summed E-state index contributed by atoms with van der Waals surface area (Å²) in [6, 6.07) is 8.35. The molecule has 19 heavy (non-hydrogen) atoms. The lowest BCUT2D eigenvalue weighted by Crippen LogP contribution is -2.52. The third-order valence-corrected chi connectivity index (χ3v) is 3.25. The van der Waals surface area contributed by atoms with Crippen LogP contribution in [-0.2, 0) is 16.8 Å². The first kappa shape index (κ1) is 15.7. The van der Waals surface area contributed by atoms with Crippen LogP contribution in [0.1, 0.15) is 45.7 Å². The van der Waals surface area contributed by atoms with Crippen LogP contribution in [0.15, 0.2) is 24.3 Å². The third-order valence-electron chi connectivity index (χ3n) is 3.25. The maximum absolute atomic E-state index is 11.8. The van der Waals surface area contributed by atoms with E-state index in [-0.39, 0.29) is 11.9 Å². The topological polar surface area (TPSA) is 55.1 Å². The summed E-state index contributed by atoms with van der Waals surface area (Å²) in [6.45, 7) is 10.2. The molecule has 0 saturated carbocycles. The van der Waals surface area contributed by atoms with Crippen LogP contribution in [0.5, 0.6) is 0 Å². The number of amides is 1. The number of nitrogens with one attached hydrogen (secondary N) is 1. The number of benzene rings is 1. The Balaban J connectivity index is 3.01. The van der Waals surface area contributed by atoms with Gasteiger partial charge in [0.25, 0.3) is 0 Å². The van der Waals surface area contributed by atoms with Crippen molar-refractivity contribution in [2.75, 3.05) is 0 Å². The Hall–Kier alpha value is -1.35. The summed E-state index contributed by atoms with van der Waals surface area (Å²) in [7, 11) is 0. The van der Waals surface area contributed by atoms with Gasteiger partial charge in [0.2, 0.25) is 5.91 Å². The Bertz CT molecular complexity index is 423. The molecular formula is C16H26N2O. The molecule has 0 bridgehead atoms. The van der Waals surface area contributed by atoms with Crippen molar-refractivity contribution in [2.45, 2.75) is 52.6 Å². The highest BCUT2D eigenvalue weighted by Crippen LogP contribution is 2.22. The highest BCUT2D eigenvalue weighted by Gasteiger charge is 2.33. The molecule has 106 valence electrons. The Morgan fingerprint density at radius 3 is 2.11 bits per heavy atom. The Kier molecular flexibility index (Phi) is 5.12. The molecule has 3 heteroatoms. The Labute approximate surface area is 116 Å². The van der Waals surface area contributed by atoms with Crippen molar-refractivity contribution in [3.05, 3.63) is 35.4 Å². The van der Waals surface area contributed by atoms with Crippen molar-refractivity contribution >= 4 is 5.91 Å². The van der Waals surface area contributed by atoms with Crippen LogP contribution in [0, 0.1) is 5.92 Å². The van der Waals surface area contributed by atoms with E-state index in [1.165, 1.54) is 5.56 Å². The largest absolute Gasteiger partial charge is 0.368 e. The fraction of sp³-hybridized carbons (Fsp3) is 0.562. The van der Waals surface area contributed by atoms with Crippen LogP contribution in [0.2, 0.25) is 0 Å². The minimum absolute atomic E-state index is 0.188. The van der Waals surface area contributed by atoms with Gasteiger partial charge < -0.3 is 5.73 Å². The van der Waals surface area contributed by atoms with Crippen molar-refractivity contribution in [3.63, 3.8) is 0 Å². The summed E-state index contributed by atoms with van der Waals surface area (Å²) < 4.78 is 0. The third kappa shape index (κ3) is 4.06. The molecule has 1 unspecified atom stereocenters. The number of hydrogen-bond donors (Lipinski definition) is 2. The summed E-state index contributed by atoms with van der Waals surface area (Å²) >= 11 is 0. The first-order chi connectivity index (χ1) is 8.75. The maximum atomic E-state index is 11.8. The number of carbonyl (C=O) groups excluding carboxylic acids is 1. The van der Waals surface area contributed by atoms with Crippen LogP contribution >= 0.6 is 0 Å². The zero-order valence-corrected chi connectivity index (χ0v) is 12.7. The summed E-state index contributed by atoms with van der Waals surface area (Å²) in [4.78, 5) is 11.8. The molecule has 1 atom stereocenters. The number of nitrogens with two attached hydrogens (primary N) is 1. The minimum Gasteiger partial charge on any atom is -0.368 e. The maximum Gasteiger partial charge on any atom is 0.242 e. The van der Waals surface area contributed by atoms with Gasteiger partial charge in [0.05, 0.1) is 0 Å². The van der Waals surface area contributed by atoms with Gasteiger partial charge in [0, 0.05) is 6.04 Å². The average Bonchev–Trinajstić information content (AvgIpc) is 2.27. The fourth-order valence-electron chi connectivity index (χ4n) is 2.32. The summed E-state index contributed by atoms with van der Waals surface area (Å²) in [5, 5.41) is 3.26. The second kappa shape index (κ2) is 6.20. The molecular weight excluding hydrogens is 236 g/mol. The Morgan fingerprint density at radius 1 is 1.21 bits per heavy atom. The predicted octanol–water partition coefficient (Wildman–Crippen LogP) is 2.58. The molecule has 0 radical (unpaired) electrons. The standard InChI is InChI=1S/C16H26N2O/c1-11(2)10-13-6-8-14(9-7-13)16(5,15(17)19)18-12(3)4/h6-9,11-12,18H,10H2,1-5H3,(H2,17,19). The van der Waals surface area contributed by atoms with Gasteiger partial charge in [-0.05, 0) is 44.2 Å². The molecule has 0 spiro atoms. The minimum atomic E-state index is -0.815. The van der Waals surface area contributed by atoms with Gasteiger partial charge in [-0.15, -0.1) is 0 Å². The second-order valence-corrected chi connectivity index (χ2v) is 6.08. The summed E-state index contributed by atoms with van der Waals surface area (Å²) in [6.07, 6.45) is 1.05. The molecule has 0 fully saturated rings. The number of hydrogen-bond acceptors (Lipinski definition) is 2. The quantitative estimate of drug-likeness (QED) is 0.828. The van der Waals surface area contributed by atoms with E-state index < -0.39 is 5.54 Å². The molecule has 0 aromatic heterocycles. The zero-order chi connectivity index (χ0) is 14.6. The second-order valence-electron chi connectivity index (χ2n) is 6.08. The number of carbonyl (C=O) groups is 1. The van der Waals surface area contributed by atoms with Crippen molar-refractivity contribution in [1.29, 1.82) is 0 Å². The van der Waals surface area contributed by atoms with Gasteiger partial charge in [-0.3, -0.25) is 10.1 Å². The molecule has 1 aromatic rings. The van der Waals surface area contributed by atoms with Crippen molar-refractivity contribution < 1.29 is 4.79 Å². The van der Waals surface area contributed by atoms with E-state index in [2.05, 4.69) is 31.3 Å². The predicted molar refractivity (Wildman–Crippen MR) is 79.8 cm³/mol. The normalized spacial score (nSPS) is 14.7. The molecule has 0 heterocycles. The molecule has 1 amide bonds. The molecule has 0 aliphatic heterocycles. The highest BCUT2D eigenvalue weighted by atomic mass is 16.1. The first-order valence-corrected chi connectivity index (χ1v) is 6.92. The molecule has 1 rings (SSSR count). The van der Waals surface area contributed by atoms with Gasteiger partial charge in [-0.25, -0.2) is 0 Å². The smallest absolute Gasteiger partial charge is 0.242 e. The molecule has 0 aliphatic rings. The van der Waals surface area contributed by atoms with Crippen molar-refractivity contribution in [1.82, 2.24) is 5.32 Å². The summed E-state index contributed by atoms with van der Waals surface area (Å²) in [5.41, 5.74) is 6.96. The molecule has 0 aliphatic carbocycles. The Morgan fingerprint density at radius 2 is 1.74 bits per heavy atom. The van der Waals surface area contributed by atoms with Gasteiger partial charge >= 0.3 is 0 Å². The average molecular weight is 262 g/mol. The van der Waals surface area contributed by atoms with Gasteiger partial charge in [0.1, 0.15) is 5.54 Å². The van der Waals surface area contributed by atoms with E-state index in [0.29, 0.717) is 5.92 Å². The molecule has 3 N–H and O–H groups in total. The van der Waals surface area contributed by atoms with Gasteiger partial charge in [-0.1, -0.05) is 38.1 Å². The van der Waals surface area contributed by atoms with Crippen molar-refractivity contribution in [3.8, 4) is 0 Å². The highest BCUT2D eigenvalue weighted by molar-refractivity contribution is 5.85. The van der Waals surface area contributed by atoms with E-state index >= 15 is 0 Å². The van der Waals surface area contributed by atoms with Crippen LogP contribution < -0.4 is 11.1 Å². The van der Waals surface area contributed by atoms with E-state index in [4.69, 9.17) is 5.73 Å². The zero-order valence-electron chi connectivity index (χ0n) is 12.7. The lowest BCUT2D eigenvalue weighted by atomic mass is 9.89. The van der Waals surface area contributed by atoms with E-state index in [1.54, 1.807) is 0 Å². The fourth-order valence-corrected chi connectivity index (χ4v) is 2.32. The van der Waals surface area contributed by atoms with Crippen LogP contribution in [0.25, 0.3) is 0 Å². The van der Waals surface area contributed by atoms with E-state index in [9.17, 15) is 4.79 Å². The van der Waals surface area contributed by atoms with Crippen LogP contribution in [0.3, 0.4) is 0 Å². The lowest BCUT2D eigenvalue weighted by molar-refractivity contribution is -0.124. The SMILES string of the molecule is CC(C)Cc1ccc(C(C)(NC(C)C)C(N)=O)cc1. The van der Waals surface area contributed by atoms with E-state index in [1.807, 2.05) is 32.9 Å². The lowest BCUT2D eigenvalue weighted by Gasteiger charge is -2.30. The summed E-state index contributed by atoms with van der Waals surface area (Å²) in [5.74, 6) is 0.278. The molecule has 0 saturated heterocycles. The first-order valence-electron chi connectivity index (χ1n) is 6.92. The van der Waals surface area contributed by atoms with Crippen LogP contribution in [-0.4, -0.2) is 11.9 Å². The monoisotopic (exact) mass is 262 g/mol. The number of primary amides is 1. The van der Waals surface area contributed by atoms with Crippen LogP contribution in [0.4, 0.5) is 0 Å². The van der Waals surface area contributed by atoms with Gasteiger partial charge in [0.15, 0.2) is 0 Å². The molecule has 1 aromatic carbocycles. The molecule has 3 nitrogen and oxygen atoms in total. The number of rotatable bonds is 6.